The molecule has 0 atom stereocenters. The minimum atomic E-state index is 0.534. The van der Waals surface area contributed by atoms with Crippen LogP contribution in [-0.4, -0.2) is 30.7 Å². The summed E-state index contributed by atoms with van der Waals surface area (Å²) in [7, 11) is 0. The maximum Gasteiger partial charge on any atom is 0.252 e. The van der Waals surface area contributed by atoms with Crippen molar-refractivity contribution in [1.82, 2.24) is 25.0 Å². The summed E-state index contributed by atoms with van der Waals surface area (Å²) in [6.07, 6.45) is 1.75. The molecule has 8 heteroatoms. The molecule has 5 aromatic rings. The number of fused-ring (bicyclic) bond motifs is 3. The minimum Gasteiger partial charge on any atom is -0.278 e. The number of anilines is 1. The molecule has 1 aliphatic heterocycles. The molecule has 0 unspecified atom stereocenters. The van der Waals surface area contributed by atoms with Crippen molar-refractivity contribution < 1.29 is 0 Å². The zero-order chi connectivity index (χ0) is 23.1. The first-order chi connectivity index (χ1) is 16.7. The van der Waals surface area contributed by atoms with Crippen LogP contribution in [0, 0.1) is 6.92 Å². The largest absolute Gasteiger partial charge is 0.278 e. The van der Waals surface area contributed by atoms with Crippen LogP contribution in [0.25, 0.3) is 16.9 Å². The lowest BCUT2D eigenvalue weighted by atomic mass is 10.0. The van der Waals surface area contributed by atoms with Crippen molar-refractivity contribution >= 4 is 23.3 Å². The standard InChI is InChI=1S/C26H20ClN7/c1-17-29-31-26-33(16-18-6-8-19(9-7-18)23-14-15-28-30-23)32-25(20-10-12-21(27)13-11-20)22-4-2-3-5-24(22)34(17)26/h2-15H,16H2,1H3,(H,28,30). The molecule has 0 fully saturated rings. The lowest BCUT2D eigenvalue weighted by Crippen LogP contribution is -2.20. The van der Waals surface area contributed by atoms with Crippen molar-refractivity contribution in [1.29, 1.82) is 0 Å². The third-order valence-corrected chi connectivity index (χ3v) is 6.13. The molecule has 34 heavy (non-hydrogen) atoms. The maximum absolute atomic E-state index is 6.17. The van der Waals surface area contributed by atoms with Gasteiger partial charge in [-0.3, -0.25) is 9.67 Å². The van der Waals surface area contributed by atoms with Gasteiger partial charge in [-0.2, -0.15) is 10.2 Å². The SMILES string of the molecule is Cc1nnc2n1-c1ccccc1C(c1ccc(Cl)cc1)=NN2Cc1ccc(-c2ccn[nH]2)cc1. The van der Waals surface area contributed by atoms with Crippen LogP contribution in [-0.2, 0) is 6.54 Å². The number of H-pyrrole nitrogens is 1. The van der Waals surface area contributed by atoms with Crippen molar-refractivity contribution in [3.05, 3.63) is 113 Å². The van der Waals surface area contributed by atoms with E-state index in [-0.39, 0.29) is 0 Å². The Morgan fingerprint density at radius 1 is 0.853 bits per heavy atom. The topological polar surface area (TPSA) is 75.0 Å². The van der Waals surface area contributed by atoms with E-state index in [2.05, 4.69) is 61.4 Å². The van der Waals surface area contributed by atoms with E-state index in [1.807, 2.05) is 54.4 Å². The zero-order valence-corrected chi connectivity index (χ0v) is 19.1. The number of nitrogens with one attached hydrogen (secondary N) is 1. The second-order valence-electron chi connectivity index (χ2n) is 8.08. The molecule has 2 aromatic heterocycles. The molecule has 166 valence electrons. The molecule has 7 nitrogen and oxygen atoms in total. The first-order valence-electron chi connectivity index (χ1n) is 10.9. The normalized spacial score (nSPS) is 12.6. The first-order valence-corrected chi connectivity index (χ1v) is 11.3. The van der Waals surface area contributed by atoms with Gasteiger partial charge in [0.25, 0.3) is 5.95 Å². The molecule has 1 aliphatic rings. The fourth-order valence-corrected chi connectivity index (χ4v) is 4.32. The van der Waals surface area contributed by atoms with Gasteiger partial charge < -0.3 is 0 Å². The van der Waals surface area contributed by atoms with Crippen LogP contribution in [0.4, 0.5) is 5.95 Å². The Morgan fingerprint density at radius 2 is 1.62 bits per heavy atom. The molecule has 3 aromatic carbocycles. The number of aryl methyl sites for hydroxylation is 1. The summed E-state index contributed by atoms with van der Waals surface area (Å²) < 4.78 is 2.06. The highest BCUT2D eigenvalue weighted by molar-refractivity contribution is 6.30. The van der Waals surface area contributed by atoms with E-state index in [1.54, 1.807) is 6.20 Å². The number of hydrogen-bond donors (Lipinski definition) is 1. The van der Waals surface area contributed by atoms with Crippen molar-refractivity contribution in [2.24, 2.45) is 5.10 Å². The molecule has 3 heterocycles. The molecule has 0 saturated heterocycles. The Hall–Kier alpha value is -4.23. The monoisotopic (exact) mass is 465 g/mol. The van der Waals surface area contributed by atoms with Gasteiger partial charge in [-0.05, 0) is 42.3 Å². The zero-order valence-electron chi connectivity index (χ0n) is 18.4. The van der Waals surface area contributed by atoms with Crippen LogP contribution < -0.4 is 5.01 Å². The van der Waals surface area contributed by atoms with Gasteiger partial charge >= 0.3 is 0 Å². The molecule has 6 rings (SSSR count). The Morgan fingerprint density at radius 3 is 2.38 bits per heavy atom. The molecule has 0 bridgehead atoms. The van der Waals surface area contributed by atoms with Crippen LogP contribution in [0.3, 0.4) is 0 Å². The first kappa shape index (κ1) is 20.4. The lowest BCUT2D eigenvalue weighted by Gasteiger charge is -2.18. The van der Waals surface area contributed by atoms with Crippen LogP contribution in [0.15, 0.2) is 90.2 Å². The van der Waals surface area contributed by atoms with Crippen LogP contribution in [0.1, 0.15) is 22.5 Å². The molecule has 0 saturated carbocycles. The highest BCUT2D eigenvalue weighted by Crippen LogP contribution is 2.31. The summed E-state index contributed by atoms with van der Waals surface area (Å²) in [5.74, 6) is 1.47. The maximum atomic E-state index is 6.17. The van der Waals surface area contributed by atoms with E-state index in [0.29, 0.717) is 17.5 Å². The lowest BCUT2D eigenvalue weighted by molar-refractivity contribution is 0.796. The van der Waals surface area contributed by atoms with Crippen molar-refractivity contribution in [2.75, 3.05) is 5.01 Å². The summed E-state index contributed by atoms with van der Waals surface area (Å²) in [5.41, 5.74) is 6.99. The summed E-state index contributed by atoms with van der Waals surface area (Å²) in [6, 6.07) is 26.3. The van der Waals surface area contributed by atoms with Gasteiger partial charge in [0.1, 0.15) is 11.5 Å². The number of aromatic nitrogens is 5. The highest BCUT2D eigenvalue weighted by Gasteiger charge is 2.26. The van der Waals surface area contributed by atoms with E-state index in [4.69, 9.17) is 16.7 Å². The second kappa shape index (κ2) is 8.28. The third-order valence-electron chi connectivity index (χ3n) is 5.88. The molecular weight excluding hydrogens is 446 g/mol. The van der Waals surface area contributed by atoms with E-state index >= 15 is 0 Å². The Balaban J connectivity index is 1.46. The number of aromatic amines is 1. The fourth-order valence-electron chi connectivity index (χ4n) is 4.19. The predicted molar refractivity (Wildman–Crippen MR) is 133 cm³/mol. The summed E-state index contributed by atoms with van der Waals surface area (Å²) in [4.78, 5) is 0. The van der Waals surface area contributed by atoms with Crippen molar-refractivity contribution in [3.63, 3.8) is 0 Å². The van der Waals surface area contributed by atoms with Gasteiger partial charge in [0.05, 0.1) is 17.9 Å². The summed E-state index contributed by atoms with van der Waals surface area (Å²) in [5, 5.41) is 23.6. The number of hydrogen-bond acceptors (Lipinski definition) is 5. The number of hydrazone groups is 1. The fraction of sp³-hybridized carbons (Fsp3) is 0.0769. The number of nitrogens with zero attached hydrogens (tertiary/aromatic N) is 6. The van der Waals surface area contributed by atoms with Crippen molar-refractivity contribution in [3.8, 4) is 16.9 Å². The molecular formula is C26H20ClN7. The van der Waals surface area contributed by atoms with Gasteiger partial charge in [0.15, 0.2) is 0 Å². The number of benzene rings is 3. The number of para-hydroxylation sites is 1. The Kier molecular flexibility index (Phi) is 4.96. The number of rotatable bonds is 4. The molecule has 0 spiro atoms. The summed E-state index contributed by atoms with van der Waals surface area (Å²) in [6.45, 7) is 2.49. The van der Waals surface area contributed by atoms with E-state index in [9.17, 15) is 0 Å². The Labute approximate surface area is 201 Å². The highest BCUT2D eigenvalue weighted by atomic mass is 35.5. The second-order valence-corrected chi connectivity index (χ2v) is 8.52. The molecule has 0 aliphatic carbocycles. The summed E-state index contributed by atoms with van der Waals surface area (Å²) >= 11 is 6.17. The van der Waals surface area contributed by atoms with Gasteiger partial charge in [-0.25, -0.2) is 5.01 Å². The van der Waals surface area contributed by atoms with E-state index < -0.39 is 0 Å². The average Bonchev–Trinajstić information content (AvgIpc) is 3.51. The van der Waals surface area contributed by atoms with Gasteiger partial charge in [-0.1, -0.05) is 66.2 Å². The van der Waals surface area contributed by atoms with Crippen LogP contribution >= 0.6 is 11.6 Å². The number of halogens is 1. The molecule has 0 amide bonds. The quantitative estimate of drug-likeness (QED) is 0.386. The molecule has 0 radical (unpaired) electrons. The van der Waals surface area contributed by atoms with Crippen LogP contribution in [0.2, 0.25) is 5.02 Å². The Bertz CT molecular complexity index is 1480. The van der Waals surface area contributed by atoms with Gasteiger partial charge in [-0.15, -0.1) is 10.2 Å². The van der Waals surface area contributed by atoms with Crippen molar-refractivity contribution in [2.45, 2.75) is 13.5 Å². The van der Waals surface area contributed by atoms with Gasteiger partial charge in [0, 0.05) is 22.3 Å². The smallest absolute Gasteiger partial charge is 0.252 e. The third kappa shape index (κ3) is 3.56. The van der Waals surface area contributed by atoms with E-state index in [0.717, 1.165) is 45.2 Å². The minimum absolute atomic E-state index is 0.534. The molecule has 1 N–H and O–H groups in total. The average molecular weight is 466 g/mol. The van der Waals surface area contributed by atoms with Crippen LogP contribution in [0.5, 0.6) is 0 Å². The predicted octanol–water partition coefficient (Wildman–Crippen LogP) is 5.39. The van der Waals surface area contributed by atoms with E-state index in [1.165, 1.54) is 0 Å². The van der Waals surface area contributed by atoms with Gasteiger partial charge in [0.2, 0.25) is 0 Å².